The van der Waals surface area contributed by atoms with Crippen molar-refractivity contribution in [3.8, 4) is 0 Å². The Morgan fingerprint density at radius 1 is 1.00 bits per heavy atom. The van der Waals surface area contributed by atoms with E-state index in [2.05, 4.69) is 36.5 Å². The number of hydrogen-bond donors (Lipinski definition) is 2. The minimum absolute atomic E-state index is 0.0172. The fourth-order valence-corrected chi connectivity index (χ4v) is 7.69. The molecular formula is C22H24F3NO5S5. The molecule has 0 N–H and O–H groups in total. The zero-order valence-electron chi connectivity index (χ0n) is 19.0. The Kier molecular flexibility index (Phi) is 10.00. The number of carbonyl (C=O) groups excluding carboxylic acids is 2. The zero-order chi connectivity index (χ0) is 26.7. The van der Waals surface area contributed by atoms with E-state index < -0.39 is 27.4 Å². The first-order valence-corrected chi connectivity index (χ1v) is 15.7. The maximum atomic E-state index is 13.0. The summed E-state index contributed by atoms with van der Waals surface area (Å²) in [5.41, 5.74) is -5.16. The quantitative estimate of drug-likeness (QED) is 0.183. The van der Waals surface area contributed by atoms with Gasteiger partial charge in [0.15, 0.2) is 0 Å². The summed E-state index contributed by atoms with van der Waals surface area (Å²) in [5.74, 6) is 0.389. The van der Waals surface area contributed by atoms with Crippen molar-refractivity contribution in [2.45, 2.75) is 35.8 Å². The number of imide groups is 1. The normalized spacial score (nSPS) is 16.0. The molecule has 2 amide bonds. The van der Waals surface area contributed by atoms with Crippen molar-refractivity contribution in [1.82, 2.24) is 5.06 Å². The van der Waals surface area contributed by atoms with Crippen LogP contribution in [-0.4, -0.2) is 59.1 Å². The van der Waals surface area contributed by atoms with Crippen LogP contribution in [0.1, 0.15) is 51.3 Å². The van der Waals surface area contributed by atoms with Crippen LogP contribution in [0.4, 0.5) is 13.2 Å². The van der Waals surface area contributed by atoms with E-state index in [1.807, 2.05) is 0 Å². The molecule has 1 aliphatic heterocycles. The van der Waals surface area contributed by atoms with Gasteiger partial charge in [-0.15, -0.1) is 9.35 Å². The Morgan fingerprint density at radius 3 is 2.19 bits per heavy atom. The van der Waals surface area contributed by atoms with Crippen LogP contribution in [0.15, 0.2) is 30.3 Å². The van der Waals surface area contributed by atoms with Crippen molar-refractivity contribution in [2.24, 2.45) is 0 Å². The molecule has 14 heteroatoms. The SMILES string of the molecule is CCCC(SCCS)C(SCCS)c1ccc2c3c(cccc13)C(=O)N(OS(=O)(=O)C(F)(F)F)C2=O. The van der Waals surface area contributed by atoms with E-state index in [0.29, 0.717) is 16.9 Å². The molecule has 36 heavy (non-hydrogen) atoms. The number of rotatable bonds is 12. The van der Waals surface area contributed by atoms with E-state index in [0.717, 1.165) is 29.9 Å². The monoisotopic (exact) mass is 599 g/mol. The summed E-state index contributed by atoms with van der Waals surface area (Å²) in [5, 5.41) is 0.719. The Balaban J connectivity index is 2.13. The summed E-state index contributed by atoms with van der Waals surface area (Å²) in [4.78, 5) is 25.9. The average molecular weight is 600 g/mol. The molecule has 0 fully saturated rings. The smallest absolute Gasteiger partial charge is 0.266 e. The molecule has 0 saturated heterocycles. The molecule has 2 aromatic rings. The lowest BCUT2D eigenvalue weighted by Gasteiger charge is -2.30. The molecule has 1 aliphatic rings. The van der Waals surface area contributed by atoms with Crippen LogP contribution in [0.5, 0.6) is 0 Å². The van der Waals surface area contributed by atoms with E-state index in [1.54, 1.807) is 41.7 Å². The van der Waals surface area contributed by atoms with Gasteiger partial charge < -0.3 is 0 Å². The highest BCUT2D eigenvalue weighted by Crippen LogP contribution is 2.45. The number of halogens is 3. The summed E-state index contributed by atoms with van der Waals surface area (Å²) >= 11 is 12.2. The Morgan fingerprint density at radius 2 is 1.61 bits per heavy atom. The van der Waals surface area contributed by atoms with Gasteiger partial charge in [0.1, 0.15) is 0 Å². The van der Waals surface area contributed by atoms with Gasteiger partial charge in [-0.25, -0.2) is 0 Å². The lowest BCUT2D eigenvalue weighted by molar-refractivity contribution is -0.0761. The number of hydrogen-bond acceptors (Lipinski definition) is 9. The molecule has 0 aliphatic carbocycles. The third-order valence-corrected chi connectivity index (χ3v) is 10.3. The minimum atomic E-state index is -6.23. The summed E-state index contributed by atoms with van der Waals surface area (Å²) in [6.07, 6.45) is 1.86. The number of nitrogens with zero attached hydrogens (tertiary/aromatic N) is 1. The van der Waals surface area contributed by atoms with Crippen LogP contribution >= 0.6 is 48.8 Å². The Bertz CT molecular complexity index is 1220. The molecule has 0 bridgehead atoms. The molecular weight excluding hydrogens is 576 g/mol. The van der Waals surface area contributed by atoms with Crippen LogP contribution in [0.25, 0.3) is 10.8 Å². The molecule has 2 aromatic carbocycles. The standard InChI is InChI=1S/C22H24F3NO5S5/c1-2-4-17(34-11-9-32)19(35-12-10-33)14-7-8-16-18-13(14)5-3-6-15(18)20(27)26(21(16)28)31-36(29,30)22(23,24)25/h3,5-8,17,19,32-33H,2,4,9-12H2,1H3. The lowest BCUT2D eigenvalue weighted by atomic mass is 9.90. The summed E-state index contributed by atoms with van der Waals surface area (Å²) in [6.45, 7) is 2.09. The van der Waals surface area contributed by atoms with Crippen LogP contribution < -0.4 is 0 Å². The fraction of sp³-hybridized carbons (Fsp3) is 0.455. The first kappa shape index (κ1) is 29.5. The maximum Gasteiger partial charge on any atom is 0.525 e. The molecule has 2 atom stereocenters. The van der Waals surface area contributed by atoms with Crippen molar-refractivity contribution >= 4 is 81.5 Å². The molecule has 2 unspecified atom stereocenters. The van der Waals surface area contributed by atoms with Gasteiger partial charge in [-0.1, -0.05) is 31.5 Å². The first-order valence-electron chi connectivity index (χ1n) is 10.9. The van der Waals surface area contributed by atoms with Gasteiger partial charge in [0.2, 0.25) is 0 Å². The minimum Gasteiger partial charge on any atom is -0.266 e. The van der Waals surface area contributed by atoms with Crippen molar-refractivity contribution in [2.75, 3.05) is 23.0 Å². The number of alkyl halides is 3. The predicted octanol–water partition coefficient (Wildman–Crippen LogP) is 5.75. The first-order chi connectivity index (χ1) is 17.0. The van der Waals surface area contributed by atoms with Crippen LogP contribution in [0.3, 0.4) is 0 Å². The second-order valence-corrected chi connectivity index (χ2v) is 12.8. The largest absolute Gasteiger partial charge is 0.525 e. The van der Waals surface area contributed by atoms with E-state index in [1.165, 1.54) is 12.1 Å². The summed E-state index contributed by atoms with van der Waals surface area (Å²) < 4.78 is 65.6. The third-order valence-electron chi connectivity index (χ3n) is 5.39. The molecule has 6 nitrogen and oxygen atoms in total. The second kappa shape index (κ2) is 12.2. The molecule has 1 heterocycles. The Labute approximate surface area is 227 Å². The number of thioether (sulfide) groups is 2. The van der Waals surface area contributed by atoms with Gasteiger partial charge in [-0.3, -0.25) is 9.59 Å². The Hall–Kier alpha value is -1.06. The lowest BCUT2D eigenvalue weighted by Crippen LogP contribution is -2.44. The van der Waals surface area contributed by atoms with Crippen molar-refractivity contribution in [3.63, 3.8) is 0 Å². The molecule has 0 spiro atoms. The van der Waals surface area contributed by atoms with Gasteiger partial charge in [-0.2, -0.15) is 70.4 Å². The molecule has 198 valence electrons. The summed E-state index contributed by atoms with van der Waals surface area (Å²) in [6, 6.07) is 7.75. The van der Waals surface area contributed by atoms with E-state index in [9.17, 15) is 31.2 Å². The maximum absolute atomic E-state index is 13.0. The molecule has 3 rings (SSSR count). The van der Waals surface area contributed by atoms with Crippen molar-refractivity contribution in [3.05, 3.63) is 47.0 Å². The van der Waals surface area contributed by atoms with E-state index >= 15 is 0 Å². The highest BCUT2D eigenvalue weighted by molar-refractivity contribution is 8.04. The number of benzene rings is 2. The zero-order valence-corrected chi connectivity index (χ0v) is 23.3. The average Bonchev–Trinajstić information content (AvgIpc) is 2.83. The van der Waals surface area contributed by atoms with Gasteiger partial charge >= 0.3 is 15.6 Å². The van der Waals surface area contributed by atoms with Gasteiger partial charge in [-0.05, 0) is 41.0 Å². The van der Waals surface area contributed by atoms with Crippen LogP contribution in [0.2, 0.25) is 0 Å². The van der Waals surface area contributed by atoms with Crippen molar-refractivity contribution < 1.29 is 35.5 Å². The molecule has 0 saturated carbocycles. The van der Waals surface area contributed by atoms with E-state index in [4.69, 9.17) is 0 Å². The highest BCUT2D eigenvalue weighted by Gasteiger charge is 2.51. The van der Waals surface area contributed by atoms with E-state index in [-0.39, 0.29) is 32.1 Å². The topological polar surface area (TPSA) is 80.8 Å². The molecule has 0 radical (unpaired) electrons. The van der Waals surface area contributed by atoms with Crippen LogP contribution in [0, 0.1) is 0 Å². The predicted molar refractivity (Wildman–Crippen MR) is 145 cm³/mol. The summed E-state index contributed by atoms with van der Waals surface area (Å²) in [7, 11) is -6.23. The van der Waals surface area contributed by atoms with Gasteiger partial charge in [0.05, 0.1) is 11.1 Å². The third kappa shape index (κ3) is 5.98. The second-order valence-electron chi connectivity index (χ2n) is 7.75. The number of carbonyl (C=O) groups is 2. The number of hydroxylamine groups is 2. The number of amides is 2. The van der Waals surface area contributed by atoms with Gasteiger partial charge in [0, 0.05) is 27.4 Å². The van der Waals surface area contributed by atoms with Gasteiger partial charge in [0.25, 0.3) is 11.8 Å². The van der Waals surface area contributed by atoms with Crippen LogP contribution in [-0.2, 0) is 14.4 Å². The van der Waals surface area contributed by atoms with Crippen molar-refractivity contribution in [1.29, 1.82) is 0 Å². The number of thiol groups is 2. The highest BCUT2D eigenvalue weighted by atomic mass is 32.2. The molecule has 0 aromatic heterocycles. The fourth-order valence-electron chi connectivity index (χ4n) is 3.94.